The number of aryl methyl sites for hydroxylation is 3. The molecule has 0 unspecified atom stereocenters. The molecule has 10 nitrogen and oxygen atoms in total. The molecule has 0 saturated carbocycles. The monoisotopic (exact) mass is 666 g/mol. The van der Waals surface area contributed by atoms with Crippen molar-refractivity contribution in [1.82, 2.24) is 29.5 Å². The molecule has 1 aromatic carbocycles. The normalized spacial score (nSPS) is 11.8. The molecule has 0 radical (unpaired) electrons. The van der Waals surface area contributed by atoms with Crippen molar-refractivity contribution in [1.29, 1.82) is 0 Å². The van der Waals surface area contributed by atoms with Crippen LogP contribution in [0.15, 0.2) is 52.8 Å². The van der Waals surface area contributed by atoms with Crippen LogP contribution in [0.3, 0.4) is 0 Å². The van der Waals surface area contributed by atoms with Crippen molar-refractivity contribution < 1.29 is 27.8 Å². The van der Waals surface area contributed by atoms with E-state index in [0.717, 1.165) is 6.07 Å². The molecule has 0 amide bonds. The fraction of sp³-hybridized carbons (Fsp3) is 0.194. The molecule has 0 saturated heterocycles. The van der Waals surface area contributed by atoms with Crippen LogP contribution in [0.1, 0.15) is 33.3 Å². The Labute approximate surface area is 267 Å². The standard InChI is InChI=1S/C31H22ClF3N6O4S/c1-14-10-19(28-25(37-14)20(13-46-28)30(43)44)18-11-17(32)4-5-24(18)45-9-8-41-16(3)39-23-12-21(31(33,34)35)26(40-27(23)29(41)42)22-6-7-36-15(2)38-22/h4-7,10-13H,8-9H2,1-3H3,(H,43,44). The lowest BCUT2D eigenvalue weighted by Crippen LogP contribution is -2.27. The number of carbonyl (C=O) groups is 1. The van der Waals surface area contributed by atoms with E-state index in [-0.39, 0.29) is 47.1 Å². The summed E-state index contributed by atoms with van der Waals surface area (Å²) >= 11 is 7.58. The third-order valence-electron chi connectivity index (χ3n) is 7.13. The number of carboxylic acids is 1. The Balaban J connectivity index is 1.37. The summed E-state index contributed by atoms with van der Waals surface area (Å²) in [6.07, 6.45) is -3.46. The summed E-state index contributed by atoms with van der Waals surface area (Å²) in [5.41, 5.74) is -0.442. The minimum absolute atomic E-state index is 0.00667. The summed E-state index contributed by atoms with van der Waals surface area (Å²) in [4.78, 5) is 46.2. The highest BCUT2D eigenvalue weighted by Crippen LogP contribution is 2.40. The molecule has 234 valence electrons. The number of carboxylic acid groups (broad SMARTS) is 1. The van der Waals surface area contributed by atoms with Gasteiger partial charge in [-0.05, 0) is 57.2 Å². The zero-order valence-electron chi connectivity index (χ0n) is 24.3. The predicted molar refractivity (Wildman–Crippen MR) is 167 cm³/mol. The summed E-state index contributed by atoms with van der Waals surface area (Å²) in [5.74, 6) is -0.263. The fourth-order valence-electron chi connectivity index (χ4n) is 5.09. The topological polar surface area (TPSA) is 133 Å². The van der Waals surface area contributed by atoms with E-state index in [1.54, 1.807) is 25.1 Å². The first kappa shape index (κ1) is 31.0. The molecule has 0 aliphatic heterocycles. The first-order valence-electron chi connectivity index (χ1n) is 13.7. The molecule has 46 heavy (non-hydrogen) atoms. The van der Waals surface area contributed by atoms with E-state index in [2.05, 4.69) is 24.9 Å². The lowest BCUT2D eigenvalue weighted by molar-refractivity contribution is -0.137. The minimum atomic E-state index is -4.78. The fourth-order valence-corrected chi connectivity index (χ4v) is 6.28. The molecule has 0 spiro atoms. The molecule has 15 heteroatoms. The minimum Gasteiger partial charge on any atom is -0.491 e. The van der Waals surface area contributed by atoms with E-state index in [4.69, 9.17) is 16.3 Å². The Bertz CT molecular complexity index is 2250. The van der Waals surface area contributed by atoms with Crippen LogP contribution in [-0.4, -0.2) is 47.2 Å². The van der Waals surface area contributed by atoms with E-state index in [1.807, 2.05) is 6.07 Å². The van der Waals surface area contributed by atoms with Gasteiger partial charge in [0.25, 0.3) is 5.56 Å². The highest BCUT2D eigenvalue weighted by molar-refractivity contribution is 7.18. The van der Waals surface area contributed by atoms with E-state index in [1.165, 1.54) is 47.4 Å². The van der Waals surface area contributed by atoms with Gasteiger partial charge in [0, 0.05) is 33.4 Å². The lowest BCUT2D eigenvalue weighted by Gasteiger charge is -2.16. The number of benzene rings is 1. The number of alkyl halides is 3. The number of hydrogen-bond acceptors (Lipinski definition) is 9. The maximum absolute atomic E-state index is 14.0. The van der Waals surface area contributed by atoms with E-state index in [0.29, 0.717) is 37.8 Å². The molecule has 5 aromatic heterocycles. The average Bonchev–Trinajstić information content (AvgIpc) is 3.42. The zero-order chi connectivity index (χ0) is 32.9. The molecule has 1 N–H and O–H groups in total. The van der Waals surface area contributed by atoms with Gasteiger partial charge in [0.05, 0.1) is 39.1 Å². The van der Waals surface area contributed by atoms with Crippen LogP contribution in [0.4, 0.5) is 13.2 Å². The molecule has 6 rings (SSSR count). The smallest absolute Gasteiger partial charge is 0.418 e. The molecule has 0 fully saturated rings. The summed E-state index contributed by atoms with van der Waals surface area (Å²) in [5, 5.41) is 11.6. The molecule has 6 aromatic rings. The summed E-state index contributed by atoms with van der Waals surface area (Å²) in [6.45, 7) is 4.76. The van der Waals surface area contributed by atoms with Crippen molar-refractivity contribution in [2.24, 2.45) is 0 Å². The Morgan fingerprint density at radius 3 is 2.52 bits per heavy atom. The van der Waals surface area contributed by atoms with E-state index < -0.39 is 29.0 Å². The number of halogens is 4. The summed E-state index contributed by atoms with van der Waals surface area (Å²) in [6, 6.07) is 8.90. The summed E-state index contributed by atoms with van der Waals surface area (Å²) < 4.78 is 50.2. The van der Waals surface area contributed by atoms with Gasteiger partial charge in [-0.25, -0.2) is 24.7 Å². The van der Waals surface area contributed by atoms with Gasteiger partial charge in [0.1, 0.15) is 29.7 Å². The number of aromatic nitrogens is 6. The maximum Gasteiger partial charge on any atom is 0.418 e. The zero-order valence-corrected chi connectivity index (χ0v) is 25.9. The Morgan fingerprint density at radius 1 is 1.02 bits per heavy atom. The second kappa shape index (κ2) is 11.8. The van der Waals surface area contributed by atoms with Crippen LogP contribution in [0.5, 0.6) is 5.75 Å². The van der Waals surface area contributed by atoms with Gasteiger partial charge in [0.15, 0.2) is 5.52 Å². The molecular formula is C31H22ClF3N6O4S. The Morgan fingerprint density at radius 2 is 1.80 bits per heavy atom. The Kier molecular flexibility index (Phi) is 7.94. The third kappa shape index (κ3) is 5.76. The van der Waals surface area contributed by atoms with Gasteiger partial charge < -0.3 is 9.84 Å². The van der Waals surface area contributed by atoms with Crippen molar-refractivity contribution >= 4 is 50.2 Å². The van der Waals surface area contributed by atoms with Gasteiger partial charge in [-0.1, -0.05) is 11.6 Å². The number of aromatic carboxylic acids is 1. The molecule has 0 bridgehead atoms. The summed E-state index contributed by atoms with van der Waals surface area (Å²) in [7, 11) is 0. The van der Waals surface area contributed by atoms with Crippen molar-refractivity contribution in [3.8, 4) is 28.3 Å². The van der Waals surface area contributed by atoms with Gasteiger partial charge in [0.2, 0.25) is 0 Å². The number of pyridine rings is 2. The van der Waals surface area contributed by atoms with Gasteiger partial charge >= 0.3 is 12.1 Å². The number of hydrogen-bond donors (Lipinski definition) is 1. The number of fused-ring (bicyclic) bond motifs is 2. The SMILES string of the molecule is Cc1cc(-c2cc(Cl)ccc2OCCn2c(C)nc3cc(C(F)(F)F)c(-c4ccnc(C)n4)nc3c2=O)c2scc(C(=O)O)c2n1. The first-order valence-corrected chi connectivity index (χ1v) is 14.9. The Hall–Kier alpha value is -4.95. The van der Waals surface area contributed by atoms with Crippen molar-refractivity contribution in [3.63, 3.8) is 0 Å². The van der Waals surface area contributed by atoms with Crippen LogP contribution >= 0.6 is 22.9 Å². The van der Waals surface area contributed by atoms with Gasteiger partial charge in [-0.2, -0.15) is 13.2 Å². The van der Waals surface area contributed by atoms with Crippen LogP contribution in [-0.2, 0) is 12.7 Å². The molecule has 0 atom stereocenters. The van der Waals surface area contributed by atoms with Crippen molar-refractivity contribution in [3.05, 3.63) is 91.8 Å². The number of ether oxygens (including phenoxy) is 1. The van der Waals surface area contributed by atoms with Crippen molar-refractivity contribution in [2.45, 2.75) is 33.5 Å². The highest BCUT2D eigenvalue weighted by atomic mass is 35.5. The lowest BCUT2D eigenvalue weighted by atomic mass is 10.0. The number of thiophene rings is 1. The third-order valence-corrected chi connectivity index (χ3v) is 8.37. The predicted octanol–water partition coefficient (Wildman–Crippen LogP) is 6.90. The number of rotatable bonds is 7. The quantitative estimate of drug-likeness (QED) is 0.193. The van der Waals surface area contributed by atoms with E-state index >= 15 is 0 Å². The van der Waals surface area contributed by atoms with Crippen molar-refractivity contribution in [2.75, 3.05) is 6.61 Å². The highest BCUT2D eigenvalue weighted by Gasteiger charge is 2.36. The van der Waals surface area contributed by atoms with Crippen LogP contribution in [0, 0.1) is 20.8 Å². The maximum atomic E-state index is 14.0. The van der Waals surface area contributed by atoms with Crippen LogP contribution in [0.25, 0.3) is 43.8 Å². The molecule has 0 aliphatic rings. The molecule has 0 aliphatic carbocycles. The second-order valence-electron chi connectivity index (χ2n) is 10.3. The van der Waals surface area contributed by atoms with E-state index in [9.17, 15) is 27.9 Å². The van der Waals surface area contributed by atoms with Crippen LogP contribution in [0.2, 0.25) is 5.02 Å². The molecule has 5 heterocycles. The van der Waals surface area contributed by atoms with Crippen LogP contribution < -0.4 is 10.3 Å². The average molecular weight is 667 g/mol. The largest absolute Gasteiger partial charge is 0.491 e. The van der Waals surface area contributed by atoms with Gasteiger partial charge in [-0.3, -0.25) is 14.3 Å². The molecular weight excluding hydrogens is 645 g/mol. The van der Waals surface area contributed by atoms with Gasteiger partial charge in [-0.15, -0.1) is 11.3 Å². The first-order chi connectivity index (χ1) is 21.8. The second-order valence-corrected chi connectivity index (χ2v) is 11.6. The number of nitrogens with zero attached hydrogens (tertiary/aromatic N) is 6.